The minimum Gasteiger partial charge on any atom is -0.300 e. The summed E-state index contributed by atoms with van der Waals surface area (Å²) >= 11 is 5.44. The van der Waals surface area contributed by atoms with Gasteiger partial charge in [0.2, 0.25) is 0 Å². The molecule has 0 bridgehead atoms. The maximum absolute atomic E-state index is 12.4. The van der Waals surface area contributed by atoms with Crippen LogP contribution in [0, 0.1) is 24.6 Å². The Labute approximate surface area is 142 Å². The van der Waals surface area contributed by atoms with Crippen molar-refractivity contribution < 1.29 is 9.18 Å². The third kappa shape index (κ3) is 31.5. The van der Waals surface area contributed by atoms with Crippen LogP contribution in [-0.2, 0) is 4.79 Å². The number of halogens is 2. The largest absolute Gasteiger partial charge is 0.300 e. The monoisotopic (exact) mass is 332 g/mol. The molecule has 0 amide bonds. The molecule has 0 saturated heterocycles. The van der Waals surface area contributed by atoms with Crippen molar-refractivity contribution in [2.24, 2.45) is 11.8 Å². The average Bonchev–Trinajstić information content (AvgIpc) is 2.33. The summed E-state index contributed by atoms with van der Waals surface area (Å²) in [5, 5.41) is 0.190. The first kappa shape index (κ1) is 26.0. The van der Waals surface area contributed by atoms with Gasteiger partial charge in [0.15, 0.2) is 0 Å². The predicted molar refractivity (Wildman–Crippen MR) is 98.1 cm³/mol. The fourth-order valence-electron chi connectivity index (χ4n) is 0.601. The van der Waals surface area contributed by atoms with Crippen LogP contribution in [0.3, 0.4) is 0 Å². The molecule has 0 radical (unpaired) electrons. The molecule has 0 aromatic heterocycles. The van der Waals surface area contributed by atoms with Crippen LogP contribution < -0.4 is 0 Å². The van der Waals surface area contributed by atoms with E-state index in [4.69, 9.17) is 11.6 Å². The van der Waals surface area contributed by atoms with E-state index in [0.29, 0.717) is 0 Å². The van der Waals surface area contributed by atoms with Crippen molar-refractivity contribution in [2.75, 3.05) is 0 Å². The minimum absolute atomic E-state index is 0.167. The Hall–Kier alpha value is -0.890. The van der Waals surface area contributed by atoms with Crippen molar-refractivity contribution in [3.05, 3.63) is 34.6 Å². The lowest BCUT2D eigenvalue weighted by Gasteiger charge is -1.93. The van der Waals surface area contributed by atoms with Gasteiger partial charge in [-0.1, -0.05) is 65.6 Å². The van der Waals surface area contributed by atoms with E-state index in [-0.39, 0.29) is 16.6 Å². The lowest BCUT2D eigenvalue weighted by Crippen LogP contribution is -1.77. The van der Waals surface area contributed by atoms with Gasteiger partial charge in [0.05, 0.1) is 5.02 Å². The first-order valence-corrected chi connectivity index (χ1v) is 8.20. The topological polar surface area (TPSA) is 17.1 Å². The Morgan fingerprint density at radius 1 is 1.14 bits per heavy atom. The van der Waals surface area contributed by atoms with Crippen LogP contribution in [0.1, 0.15) is 67.4 Å². The van der Waals surface area contributed by atoms with Gasteiger partial charge < -0.3 is 4.79 Å². The fraction of sp³-hybridized carbons (Fsp3) is 0.632. The molecule has 0 aliphatic heterocycles. The highest BCUT2D eigenvalue weighted by Gasteiger charge is 1.95. The molecule has 0 spiro atoms. The molecule has 0 unspecified atom stereocenters. The van der Waals surface area contributed by atoms with Crippen molar-refractivity contribution in [3.63, 3.8) is 0 Å². The molecule has 130 valence electrons. The standard InChI is InChI=1S/C7H6ClF.C5H12.C4H10.C3H6O/c1-5-2-3-7(9)6(8)4-5;1-4-5(2)3;1-4(2)3;1-3(2)4/h2-4H,1H3;5H,4H2,1-3H3;4H,1-3H3;1-2H3. The second kappa shape index (κ2) is 16.5. The Kier molecular flexibility index (Phi) is 19.5. The lowest BCUT2D eigenvalue weighted by atomic mass is 10.2. The number of ketones is 1. The minimum atomic E-state index is -0.359. The lowest BCUT2D eigenvalue weighted by molar-refractivity contribution is -0.114. The second-order valence-corrected chi connectivity index (χ2v) is 6.77. The van der Waals surface area contributed by atoms with Crippen LogP contribution in [0.5, 0.6) is 0 Å². The van der Waals surface area contributed by atoms with E-state index in [2.05, 4.69) is 41.5 Å². The van der Waals surface area contributed by atoms with E-state index in [1.165, 1.54) is 26.3 Å². The van der Waals surface area contributed by atoms with Gasteiger partial charge in [0.25, 0.3) is 0 Å². The first-order chi connectivity index (χ1) is 9.93. The summed E-state index contributed by atoms with van der Waals surface area (Å²) in [5.41, 5.74) is 0.974. The van der Waals surface area contributed by atoms with E-state index in [0.717, 1.165) is 17.4 Å². The van der Waals surface area contributed by atoms with Crippen LogP contribution in [0.4, 0.5) is 4.39 Å². The SMILES string of the molecule is CC(C)=O.CC(C)C.CCC(C)C.Cc1ccc(F)c(Cl)c1. The molecule has 0 N–H and O–H groups in total. The number of benzene rings is 1. The number of Topliss-reactive ketones (excluding diaryl/α,β-unsaturated/α-hetero) is 1. The smallest absolute Gasteiger partial charge is 0.141 e. The predicted octanol–water partition coefficient (Wildman–Crippen LogP) is 7.10. The third-order valence-electron chi connectivity index (χ3n) is 1.89. The Morgan fingerprint density at radius 2 is 1.45 bits per heavy atom. The number of hydrogen-bond acceptors (Lipinski definition) is 1. The molecule has 0 heterocycles. The van der Waals surface area contributed by atoms with Crippen molar-refractivity contribution in [3.8, 4) is 0 Å². The molecule has 1 aromatic carbocycles. The number of carbonyl (C=O) groups excluding carboxylic acids is 1. The average molecular weight is 333 g/mol. The molecule has 0 atom stereocenters. The molecular formula is C19H34ClFO. The summed E-state index contributed by atoms with van der Waals surface area (Å²) in [6.45, 7) is 18.1. The molecule has 22 heavy (non-hydrogen) atoms. The van der Waals surface area contributed by atoms with E-state index < -0.39 is 0 Å². The quantitative estimate of drug-likeness (QED) is 0.536. The van der Waals surface area contributed by atoms with Gasteiger partial charge in [-0.2, -0.15) is 0 Å². The molecule has 0 aliphatic carbocycles. The van der Waals surface area contributed by atoms with Gasteiger partial charge in [-0.25, -0.2) is 4.39 Å². The zero-order chi connectivity index (χ0) is 18.3. The number of rotatable bonds is 1. The van der Waals surface area contributed by atoms with Gasteiger partial charge in [-0.15, -0.1) is 0 Å². The highest BCUT2D eigenvalue weighted by molar-refractivity contribution is 6.30. The van der Waals surface area contributed by atoms with Gasteiger partial charge in [0.1, 0.15) is 11.6 Å². The maximum Gasteiger partial charge on any atom is 0.141 e. The Morgan fingerprint density at radius 3 is 1.64 bits per heavy atom. The summed E-state index contributed by atoms with van der Waals surface area (Å²) in [6, 6.07) is 4.63. The third-order valence-corrected chi connectivity index (χ3v) is 2.18. The van der Waals surface area contributed by atoms with Crippen LogP contribution in [0.2, 0.25) is 5.02 Å². The second-order valence-electron chi connectivity index (χ2n) is 6.36. The normalized spacial score (nSPS) is 8.95. The van der Waals surface area contributed by atoms with Crippen LogP contribution in [-0.4, -0.2) is 5.78 Å². The summed E-state index contributed by atoms with van der Waals surface area (Å²) in [7, 11) is 0. The van der Waals surface area contributed by atoms with Crippen molar-refractivity contribution >= 4 is 17.4 Å². The molecule has 3 heteroatoms. The molecular weight excluding hydrogens is 299 g/mol. The molecule has 0 fully saturated rings. The summed E-state index contributed by atoms with van der Waals surface area (Å²) in [5.74, 6) is 1.53. The highest BCUT2D eigenvalue weighted by Crippen LogP contribution is 2.14. The van der Waals surface area contributed by atoms with Gasteiger partial charge in [-0.3, -0.25) is 0 Å². The highest BCUT2D eigenvalue weighted by atomic mass is 35.5. The van der Waals surface area contributed by atoms with E-state index >= 15 is 0 Å². The molecule has 1 rings (SSSR count). The van der Waals surface area contributed by atoms with Gasteiger partial charge in [0, 0.05) is 0 Å². The fourth-order valence-corrected chi connectivity index (χ4v) is 0.836. The van der Waals surface area contributed by atoms with Gasteiger partial charge in [-0.05, 0) is 50.3 Å². The molecule has 1 nitrogen and oxygen atoms in total. The Bertz CT molecular complexity index is 380. The van der Waals surface area contributed by atoms with Crippen molar-refractivity contribution in [1.82, 2.24) is 0 Å². The van der Waals surface area contributed by atoms with Crippen molar-refractivity contribution in [1.29, 1.82) is 0 Å². The summed E-state index contributed by atoms with van der Waals surface area (Å²) in [6.07, 6.45) is 1.31. The molecule has 0 aliphatic rings. The number of aryl methyl sites for hydroxylation is 1. The molecule has 0 saturated carbocycles. The summed E-state index contributed by atoms with van der Waals surface area (Å²) in [4.78, 5) is 9.44. The van der Waals surface area contributed by atoms with Crippen LogP contribution in [0.25, 0.3) is 0 Å². The van der Waals surface area contributed by atoms with Crippen molar-refractivity contribution in [2.45, 2.75) is 68.7 Å². The Balaban J connectivity index is -0.000000240. The molecule has 1 aromatic rings. The van der Waals surface area contributed by atoms with Gasteiger partial charge >= 0.3 is 0 Å². The van der Waals surface area contributed by atoms with E-state index in [9.17, 15) is 9.18 Å². The first-order valence-electron chi connectivity index (χ1n) is 7.82. The number of carbonyl (C=O) groups is 1. The van der Waals surface area contributed by atoms with Crippen LogP contribution >= 0.6 is 11.6 Å². The zero-order valence-electron chi connectivity index (χ0n) is 15.8. The zero-order valence-corrected chi connectivity index (χ0v) is 16.5. The maximum atomic E-state index is 12.4. The van der Waals surface area contributed by atoms with Crippen LogP contribution in [0.15, 0.2) is 18.2 Å². The summed E-state index contributed by atoms with van der Waals surface area (Å²) < 4.78 is 12.4. The van der Waals surface area contributed by atoms with E-state index in [1.54, 1.807) is 12.1 Å². The van der Waals surface area contributed by atoms with E-state index in [1.807, 2.05) is 6.92 Å². The number of hydrogen-bond donors (Lipinski definition) is 0.